The first-order valence-electron chi connectivity index (χ1n) is 5.98. The molecule has 2 atom stereocenters. The standard InChI is InChI=1S/C14H19NO2/c1-3-12-8-13(14(15-2)9-17-12)10-4-6-11(16)7-5-10/h3-7,13-16H,8-9H2,1-2H3. The Bertz CT molecular complexity index is 397. The van der Waals surface area contributed by atoms with E-state index in [0.717, 1.165) is 12.2 Å². The van der Waals surface area contributed by atoms with Gasteiger partial charge in [-0.25, -0.2) is 0 Å². The van der Waals surface area contributed by atoms with Gasteiger partial charge in [0.25, 0.3) is 0 Å². The molecule has 17 heavy (non-hydrogen) atoms. The minimum absolute atomic E-state index is 0.313. The van der Waals surface area contributed by atoms with Crippen molar-refractivity contribution < 1.29 is 9.84 Å². The third kappa shape index (κ3) is 2.61. The molecule has 1 saturated heterocycles. The zero-order valence-electron chi connectivity index (χ0n) is 10.3. The Morgan fingerprint density at radius 3 is 2.65 bits per heavy atom. The Morgan fingerprint density at radius 1 is 1.35 bits per heavy atom. The van der Waals surface area contributed by atoms with Crippen molar-refractivity contribution in [3.05, 3.63) is 41.7 Å². The number of allylic oxidation sites excluding steroid dienone is 2. The summed E-state index contributed by atoms with van der Waals surface area (Å²) in [5.41, 5.74) is 1.24. The summed E-state index contributed by atoms with van der Waals surface area (Å²) in [5.74, 6) is 1.77. The van der Waals surface area contributed by atoms with E-state index in [9.17, 15) is 5.11 Å². The highest BCUT2D eigenvalue weighted by atomic mass is 16.5. The number of rotatable bonds is 2. The molecule has 0 saturated carbocycles. The van der Waals surface area contributed by atoms with Crippen LogP contribution >= 0.6 is 0 Å². The van der Waals surface area contributed by atoms with Crippen LogP contribution in [0.2, 0.25) is 0 Å². The lowest BCUT2D eigenvalue weighted by Gasteiger charge is -2.33. The van der Waals surface area contributed by atoms with E-state index in [0.29, 0.717) is 24.3 Å². The van der Waals surface area contributed by atoms with Gasteiger partial charge in [0.15, 0.2) is 0 Å². The van der Waals surface area contributed by atoms with Gasteiger partial charge in [0.1, 0.15) is 12.4 Å². The van der Waals surface area contributed by atoms with Crippen molar-refractivity contribution in [3.8, 4) is 5.75 Å². The SMILES string of the molecule is CC=C1CC(c2ccc(O)cc2)C(NC)CO1. The Labute approximate surface area is 102 Å². The molecule has 2 N–H and O–H groups in total. The van der Waals surface area contributed by atoms with Crippen LogP contribution in [-0.4, -0.2) is 24.8 Å². The van der Waals surface area contributed by atoms with Gasteiger partial charge in [-0.2, -0.15) is 0 Å². The van der Waals surface area contributed by atoms with Gasteiger partial charge in [-0.15, -0.1) is 0 Å². The van der Waals surface area contributed by atoms with Crippen molar-refractivity contribution in [1.82, 2.24) is 5.32 Å². The Kier molecular flexibility index (Phi) is 3.69. The van der Waals surface area contributed by atoms with E-state index in [1.807, 2.05) is 32.2 Å². The number of aromatic hydroxyl groups is 1. The van der Waals surface area contributed by atoms with Gasteiger partial charge < -0.3 is 15.2 Å². The van der Waals surface area contributed by atoms with Gasteiger partial charge in [-0.05, 0) is 37.7 Å². The van der Waals surface area contributed by atoms with E-state index in [-0.39, 0.29) is 0 Å². The van der Waals surface area contributed by atoms with Crippen LogP contribution in [0.4, 0.5) is 0 Å². The zero-order valence-corrected chi connectivity index (χ0v) is 10.3. The highest BCUT2D eigenvalue weighted by Gasteiger charge is 2.28. The molecular formula is C14H19NO2. The molecule has 1 aromatic carbocycles. The average Bonchev–Trinajstić information content (AvgIpc) is 2.39. The first kappa shape index (κ1) is 12.0. The van der Waals surface area contributed by atoms with Crippen molar-refractivity contribution in [2.24, 2.45) is 0 Å². The van der Waals surface area contributed by atoms with Gasteiger partial charge in [0, 0.05) is 18.4 Å². The second-order valence-corrected chi connectivity index (χ2v) is 4.36. The molecule has 2 unspecified atom stereocenters. The van der Waals surface area contributed by atoms with Gasteiger partial charge in [0.05, 0.1) is 5.76 Å². The third-order valence-electron chi connectivity index (χ3n) is 3.37. The van der Waals surface area contributed by atoms with Crippen LogP contribution in [0.1, 0.15) is 24.8 Å². The van der Waals surface area contributed by atoms with E-state index < -0.39 is 0 Å². The molecule has 0 radical (unpaired) electrons. The van der Waals surface area contributed by atoms with Gasteiger partial charge in [-0.1, -0.05) is 12.1 Å². The molecule has 0 spiro atoms. The molecule has 2 rings (SSSR count). The normalized spacial score (nSPS) is 26.8. The fourth-order valence-corrected chi connectivity index (χ4v) is 2.29. The molecule has 1 heterocycles. The van der Waals surface area contributed by atoms with Crippen molar-refractivity contribution in [2.45, 2.75) is 25.3 Å². The van der Waals surface area contributed by atoms with Gasteiger partial charge in [0.2, 0.25) is 0 Å². The lowest BCUT2D eigenvalue weighted by molar-refractivity contribution is 0.120. The summed E-state index contributed by atoms with van der Waals surface area (Å²) in [6.45, 7) is 2.70. The smallest absolute Gasteiger partial charge is 0.115 e. The summed E-state index contributed by atoms with van der Waals surface area (Å²) in [5, 5.41) is 12.6. The third-order valence-corrected chi connectivity index (χ3v) is 3.37. The Balaban J connectivity index is 2.23. The molecule has 1 fully saturated rings. The second kappa shape index (κ2) is 5.23. The van der Waals surface area contributed by atoms with E-state index in [1.54, 1.807) is 12.1 Å². The topological polar surface area (TPSA) is 41.5 Å². The molecule has 1 aliphatic rings. The van der Waals surface area contributed by atoms with Crippen LogP contribution in [-0.2, 0) is 4.74 Å². The van der Waals surface area contributed by atoms with Crippen LogP contribution in [0, 0.1) is 0 Å². The van der Waals surface area contributed by atoms with Crippen molar-refractivity contribution in [1.29, 1.82) is 0 Å². The van der Waals surface area contributed by atoms with Crippen molar-refractivity contribution in [3.63, 3.8) is 0 Å². The molecule has 1 aromatic rings. The predicted molar refractivity (Wildman–Crippen MR) is 68.0 cm³/mol. The van der Waals surface area contributed by atoms with Gasteiger partial charge >= 0.3 is 0 Å². The van der Waals surface area contributed by atoms with E-state index in [1.165, 1.54) is 5.56 Å². The zero-order chi connectivity index (χ0) is 12.3. The number of benzene rings is 1. The first-order valence-corrected chi connectivity index (χ1v) is 5.98. The minimum Gasteiger partial charge on any atom is -0.508 e. The van der Waals surface area contributed by atoms with Crippen LogP contribution in [0.3, 0.4) is 0 Å². The molecule has 0 aliphatic carbocycles. The number of phenolic OH excluding ortho intramolecular Hbond substituents is 1. The average molecular weight is 233 g/mol. The molecule has 3 nitrogen and oxygen atoms in total. The maximum Gasteiger partial charge on any atom is 0.115 e. The fourth-order valence-electron chi connectivity index (χ4n) is 2.29. The maximum absolute atomic E-state index is 9.32. The van der Waals surface area contributed by atoms with Crippen LogP contribution < -0.4 is 5.32 Å². The summed E-state index contributed by atoms with van der Waals surface area (Å²) in [4.78, 5) is 0. The van der Waals surface area contributed by atoms with Crippen molar-refractivity contribution in [2.75, 3.05) is 13.7 Å². The molecule has 0 bridgehead atoms. The number of nitrogens with one attached hydrogen (secondary N) is 1. The minimum atomic E-state index is 0.313. The van der Waals surface area contributed by atoms with E-state index in [2.05, 4.69) is 5.32 Å². The number of phenols is 1. The highest BCUT2D eigenvalue weighted by molar-refractivity contribution is 5.30. The molecular weight excluding hydrogens is 214 g/mol. The fraction of sp³-hybridized carbons (Fsp3) is 0.429. The summed E-state index contributed by atoms with van der Waals surface area (Å²) in [6, 6.07) is 7.79. The monoisotopic (exact) mass is 233 g/mol. The number of ether oxygens (including phenoxy) is 1. The van der Waals surface area contributed by atoms with E-state index >= 15 is 0 Å². The summed E-state index contributed by atoms with van der Waals surface area (Å²) in [6.07, 6.45) is 2.94. The lowest BCUT2D eigenvalue weighted by atomic mass is 9.86. The summed E-state index contributed by atoms with van der Waals surface area (Å²) < 4.78 is 5.66. The predicted octanol–water partition coefficient (Wildman–Crippen LogP) is 2.39. The number of likely N-dealkylation sites (N-methyl/N-ethyl adjacent to an activating group) is 1. The second-order valence-electron chi connectivity index (χ2n) is 4.36. The van der Waals surface area contributed by atoms with Crippen LogP contribution in [0.5, 0.6) is 5.75 Å². The van der Waals surface area contributed by atoms with Gasteiger partial charge in [-0.3, -0.25) is 0 Å². The quantitative estimate of drug-likeness (QED) is 0.824. The molecule has 3 heteroatoms. The molecule has 1 aliphatic heterocycles. The lowest BCUT2D eigenvalue weighted by Crippen LogP contribution is -2.39. The Hall–Kier alpha value is -1.48. The number of hydrogen-bond acceptors (Lipinski definition) is 3. The molecule has 0 amide bonds. The number of hydrogen-bond donors (Lipinski definition) is 2. The van der Waals surface area contributed by atoms with Crippen LogP contribution in [0.15, 0.2) is 36.1 Å². The first-order chi connectivity index (χ1) is 8.24. The van der Waals surface area contributed by atoms with E-state index in [4.69, 9.17) is 4.74 Å². The largest absolute Gasteiger partial charge is 0.508 e. The molecule has 0 aromatic heterocycles. The Morgan fingerprint density at radius 2 is 2.06 bits per heavy atom. The summed E-state index contributed by atoms with van der Waals surface area (Å²) >= 11 is 0. The van der Waals surface area contributed by atoms with Crippen molar-refractivity contribution >= 4 is 0 Å². The highest BCUT2D eigenvalue weighted by Crippen LogP contribution is 2.32. The maximum atomic E-state index is 9.32. The van der Waals surface area contributed by atoms with Crippen LogP contribution in [0.25, 0.3) is 0 Å². The summed E-state index contributed by atoms with van der Waals surface area (Å²) in [7, 11) is 1.96. The molecule has 92 valence electrons.